The first-order valence-electron chi connectivity index (χ1n) is 6.14. The van der Waals surface area contributed by atoms with Gasteiger partial charge in [0.15, 0.2) is 0 Å². The van der Waals surface area contributed by atoms with Crippen molar-refractivity contribution in [3.63, 3.8) is 0 Å². The number of rotatable bonds is 3. The molecule has 0 radical (unpaired) electrons. The highest BCUT2D eigenvalue weighted by molar-refractivity contribution is 6.34. The third-order valence-corrected chi connectivity index (χ3v) is 3.45. The second-order valence-electron chi connectivity index (χ2n) is 4.70. The largest absolute Gasteiger partial charge is 0.318 e. The second kappa shape index (κ2) is 4.66. The summed E-state index contributed by atoms with van der Waals surface area (Å²) in [7, 11) is 0. The molecule has 1 heterocycles. The summed E-state index contributed by atoms with van der Waals surface area (Å²) >= 11 is 6.06. The van der Waals surface area contributed by atoms with Crippen LogP contribution in [-0.4, -0.2) is 21.1 Å². The van der Waals surface area contributed by atoms with Crippen LogP contribution in [0, 0.1) is 6.92 Å². The summed E-state index contributed by atoms with van der Waals surface area (Å²) < 4.78 is 0. The number of amides is 1. The van der Waals surface area contributed by atoms with Crippen molar-refractivity contribution in [1.29, 1.82) is 0 Å². The van der Waals surface area contributed by atoms with E-state index in [1.54, 1.807) is 6.07 Å². The van der Waals surface area contributed by atoms with Gasteiger partial charge in [-0.25, -0.2) is 4.98 Å². The molecule has 98 valence electrons. The van der Waals surface area contributed by atoms with Crippen molar-refractivity contribution in [2.45, 2.75) is 25.7 Å². The van der Waals surface area contributed by atoms with Gasteiger partial charge in [0.25, 0.3) is 5.91 Å². The van der Waals surface area contributed by atoms with Gasteiger partial charge in [0.2, 0.25) is 5.82 Å². The Morgan fingerprint density at radius 1 is 1.47 bits per heavy atom. The Morgan fingerprint density at radius 3 is 2.95 bits per heavy atom. The second-order valence-corrected chi connectivity index (χ2v) is 5.11. The van der Waals surface area contributed by atoms with Gasteiger partial charge in [-0.05, 0) is 31.4 Å². The zero-order chi connectivity index (χ0) is 13.4. The van der Waals surface area contributed by atoms with Crippen LogP contribution >= 0.6 is 11.6 Å². The Kier molecular flexibility index (Phi) is 2.98. The normalized spacial score (nSPS) is 14.4. The monoisotopic (exact) mass is 276 g/mol. The van der Waals surface area contributed by atoms with E-state index in [0.717, 1.165) is 24.2 Å². The number of aromatic amines is 1. The van der Waals surface area contributed by atoms with E-state index in [0.29, 0.717) is 16.6 Å². The molecule has 2 aromatic rings. The number of carbonyl (C=O) groups excluding carboxylic acids is 1. The molecule has 3 rings (SSSR count). The smallest absolute Gasteiger partial charge is 0.295 e. The van der Waals surface area contributed by atoms with Crippen LogP contribution in [0.3, 0.4) is 0 Å². The van der Waals surface area contributed by atoms with E-state index in [4.69, 9.17) is 11.6 Å². The lowest BCUT2D eigenvalue weighted by Gasteiger charge is -2.08. The number of para-hydroxylation sites is 1. The fraction of sp³-hybridized carbons (Fsp3) is 0.308. The Morgan fingerprint density at radius 2 is 2.26 bits per heavy atom. The quantitative estimate of drug-likeness (QED) is 0.905. The molecular weight excluding hydrogens is 264 g/mol. The first-order chi connectivity index (χ1) is 9.15. The molecule has 1 saturated carbocycles. The lowest BCUT2D eigenvalue weighted by molar-refractivity contribution is 0.101. The zero-order valence-electron chi connectivity index (χ0n) is 10.4. The van der Waals surface area contributed by atoms with E-state index in [9.17, 15) is 4.79 Å². The fourth-order valence-electron chi connectivity index (χ4n) is 1.87. The molecule has 0 unspecified atom stereocenters. The molecule has 1 aromatic heterocycles. The lowest BCUT2D eigenvalue weighted by Crippen LogP contribution is -2.15. The summed E-state index contributed by atoms with van der Waals surface area (Å²) in [6.07, 6.45) is 2.22. The number of hydrogen-bond donors (Lipinski definition) is 2. The Bertz CT molecular complexity index is 613. The van der Waals surface area contributed by atoms with Crippen molar-refractivity contribution in [3.05, 3.63) is 40.4 Å². The summed E-state index contributed by atoms with van der Waals surface area (Å²) in [4.78, 5) is 16.3. The molecule has 0 saturated heterocycles. The van der Waals surface area contributed by atoms with Gasteiger partial charge < -0.3 is 5.32 Å². The molecule has 0 bridgehead atoms. The maximum atomic E-state index is 12.1. The highest BCUT2D eigenvalue weighted by Crippen LogP contribution is 2.37. The number of benzene rings is 1. The number of halogens is 1. The van der Waals surface area contributed by atoms with Gasteiger partial charge in [-0.1, -0.05) is 23.7 Å². The van der Waals surface area contributed by atoms with Crippen LogP contribution in [-0.2, 0) is 0 Å². The van der Waals surface area contributed by atoms with Gasteiger partial charge >= 0.3 is 0 Å². The minimum Gasteiger partial charge on any atom is -0.318 e. The van der Waals surface area contributed by atoms with E-state index in [-0.39, 0.29) is 11.7 Å². The average molecular weight is 277 g/mol. The Balaban J connectivity index is 1.80. The topological polar surface area (TPSA) is 70.7 Å². The van der Waals surface area contributed by atoms with Gasteiger partial charge in [-0.15, -0.1) is 5.10 Å². The van der Waals surface area contributed by atoms with Crippen LogP contribution in [0.5, 0.6) is 0 Å². The van der Waals surface area contributed by atoms with E-state index in [1.165, 1.54) is 0 Å². The number of hydrogen-bond acceptors (Lipinski definition) is 3. The zero-order valence-corrected chi connectivity index (χ0v) is 11.2. The molecule has 1 aliphatic carbocycles. The molecule has 1 aliphatic rings. The van der Waals surface area contributed by atoms with E-state index >= 15 is 0 Å². The number of nitrogens with one attached hydrogen (secondary N) is 2. The maximum absolute atomic E-state index is 12.1. The van der Waals surface area contributed by atoms with Crippen LogP contribution < -0.4 is 5.32 Å². The van der Waals surface area contributed by atoms with Gasteiger partial charge in [0, 0.05) is 5.92 Å². The van der Waals surface area contributed by atoms with Gasteiger partial charge in [-0.3, -0.25) is 9.89 Å². The number of carbonyl (C=O) groups is 1. The van der Waals surface area contributed by atoms with E-state index < -0.39 is 0 Å². The molecule has 19 heavy (non-hydrogen) atoms. The van der Waals surface area contributed by atoms with Crippen molar-refractivity contribution in [2.75, 3.05) is 5.32 Å². The number of anilines is 1. The summed E-state index contributed by atoms with van der Waals surface area (Å²) in [5, 5.41) is 10.0. The van der Waals surface area contributed by atoms with Gasteiger partial charge in [-0.2, -0.15) is 0 Å². The summed E-state index contributed by atoms with van der Waals surface area (Å²) in [5.41, 5.74) is 1.51. The minimum absolute atomic E-state index is 0.154. The molecule has 5 nitrogen and oxygen atoms in total. The van der Waals surface area contributed by atoms with Crippen LogP contribution in [0.15, 0.2) is 18.2 Å². The van der Waals surface area contributed by atoms with Crippen molar-refractivity contribution in [2.24, 2.45) is 0 Å². The van der Waals surface area contributed by atoms with Crippen molar-refractivity contribution < 1.29 is 4.79 Å². The molecule has 1 amide bonds. The first-order valence-corrected chi connectivity index (χ1v) is 6.51. The number of aromatic nitrogens is 3. The molecule has 1 fully saturated rings. The van der Waals surface area contributed by atoms with E-state index in [1.807, 2.05) is 19.1 Å². The lowest BCUT2D eigenvalue weighted by atomic mass is 10.2. The van der Waals surface area contributed by atoms with Gasteiger partial charge in [0.1, 0.15) is 5.82 Å². The third kappa shape index (κ3) is 2.46. The van der Waals surface area contributed by atoms with E-state index in [2.05, 4.69) is 20.5 Å². The van der Waals surface area contributed by atoms with Crippen molar-refractivity contribution in [1.82, 2.24) is 15.2 Å². The van der Waals surface area contributed by atoms with Crippen molar-refractivity contribution in [3.8, 4) is 0 Å². The standard InChI is InChI=1S/C13H13ClN4O/c1-7-3-2-4-9(14)10(7)15-13(19)12-16-11(17-18-12)8-5-6-8/h2-4,8H,5-6H2,1H3,(H,15,19)(H,16,17,18). The Hall–Kier alpha value is -1.88. The third-order valence-electron chi connectivity index (χ3n) is 3.13. The fourth-order valence-corrected chi connectivity index (χ4v) is 2.14. The molecule has 0 aliphatic heterocycles. The van der Waals surface area contributed by atoms with Crippen LogP contribution in [0.2, 0.25) is 5.02 Å². The predicted molar refractivity (Wildman–Crippen MR) is 72.5 cm³/mol. The van der Waals surface area contributed by atoms with Crippen LogP contribution in [0.1, 0.15) is 40.8 Å². The molecule has 2 N–H and O–H groups in total. The number of H-pyrrole nitrogens is 1. The molecule has 6 heteroatoms. The molecule has 1 aromatic carbocycles. The maximum Gasteiger partial charge on any atom is 0.295 e. The number of aryl methyl sites for hydroxylation is 1. The minimum atomic E-state index is -0.348. The summed E-state index contributed by atoms with van der Waals surface area (Å²) in [6.45, 7) is 1.88. The first kappa shape index (κ1) is 12.2. The van der Waals surface area contributed by atoms with Gasteiger partial charge in [0.05, 0.1) is 10.7 Å². The number of nitrogens with zero attached hydrogens (tertiary/aromatic N) is 2. The summed E-state index contributed by atoms with van der Waals surface area (Å²) in [5.74, 6) is 1.04. The highest BCUT2D eigenvalue weighted by Gasteiger charge is 2.28. The molecule has 0 spiro atoms. The Labute approximate surface area is 115 Å². The molecule has 0 atom stereocenters. The summed E-state index contributed by atoms with van der Waals surface area (Å²) in [6, 6.07) is 5.46. The van der Waals surface area contributed by atoms with Crippen LogP contribution in [0.25, 0.3) is 0 Å². The molecular formula is C13H13ClN4O. The SMILES string of the molecule is Cc1cccc(Cl)c1NC(=O)c1n[nH]c(C2CC2)n1. The average Bonchev–Trinajstić information content (AvgIpc) is 3.12. The highest BCUT2D eigenvalue weighted by atomic mass is 35.5. The van der Waals surface area contributed by atoms with Crippen LogP contribution in [0.4, 0.5) is 5.69 Å². The van der Waals surface area contributed by atoms with Crippen molar-refractivity contribution >= 4 is 23.2 Å². The predicted octanol–water partition coefficient (Wildman–Crippen LogP) is 2.90.